The van der Waals surface area contributed by atoms with Gasteiger partial charge in [-0.05, 0) is 61.4 Å². The molecule has 168 valence electrons. The summed E-state index contributed by atoms with van der Waals surface area (Å²) >= 11 is 0. The number of carbonyl (C=O) groups is 1. The summed E-state index contributed by atoms with van der Waals surface area (Å²) in [6.07, 6.45) is 0.672. The number of benzene rings is 3. The number of methoxy groups -OCH3 is 3. The molecule has 0 aliphatic rings. The quantitative estimate of drug-likeness (QED) is 0.505. The van der Waals surface area contributed by atoms with E-state index in [0.29, 0.717) is 42.4 Å². The van der Waals surface area contributed by atoms with Crippen molar-refractivity contribution in [2.75, 3.05) is 27.9 Å². The minimum absolute atomic E-state index is 0.148. The van der Waals surface area contributed by atoms with Crippen molar-refractivity contribution in [2.24, 2.45) is 0 Å². The second kappa shape index (κ2) is 11.1. The molecule has 32 heavy (non-hydrogen) atoms. The van der Waals surface area contributed by atoms with Crippen molar-refractivity contribution in [2.45, 2.75) is 20.0 Å². The topological polar surface area (TPSA) is 66.0 Å². The Morgan fingerprint density at radius 3 is 2.19 bits per heavy atom. The van der Waals surface area contributed by atoms with Crippen LogP contribution in [-0.4, -0.2) is 33.8 Å². The third-order valence-electron chi connectivity index (χ3n) is 5.11. The molecule has 0 spiro atoms. The second-order valence-electron chi connectivity index (χ2n) is 7.32. The molecule has 0 saturated carbocycles. The Labute approximate surface area is 189 Å². The Bertz CT molecular complexity index is 1050. The van der Waals surface area contributed by atoms with E-state index >= 15 is 0 Å². The fraction of sp³-hybridized carbons (Fsp3) is 0.269. The van der Waals surface area contributed by atoms with E-state index in [1.807, 2.05) is 49.4 Å². The van der Waals surface area contributed by atoms with Crippen LogP contribution in [0.1, 0.15) is 27.0 Å². The molecule has 0 bridgehead atoms. The molecule has 3 rings (SSSR count). The Kier molecular flexibility index (Phi) is 7.97. The Balaban J connectivity index is 1.61. The van der Waals surface area contributed by atoms with Crippen LogP contribution in [0.15, 0.2) is 60.7 Å². The third kappa shape index (κ3) is 5.94. The number of hydrogen-bond acceptors (Lipinski definition) is 5. The van der Waals surface area contributed by atoms with Gasteiger partial charge in [0.05, 0.1) is 21.3 Å². The lowest BCUT2D eigenvalue weighted by Gasteiger charge is -2.13. The van der Waals surface area contributed by atoms with Gasteiger partial charge in [-0.2, -0.15) is 0 Å². The molecule has 1 N–H and O–H groups in total. The largest absolute Gasteiger partial charge is 0.496 e. The molecule has 6 heteroatoms. The average Bonchev–Trinajstić information content (AvgIpc) is 2.83. The van der Waals surface area contributed by atoms with Crippen molar-refractivity contribution in [3.8, 4) is 23.0 Å². The predicted molar refractivity (Wildman–Crippen MR) is 124 cm³/mol. The first-order valence-electron chi connectivity index (χ1n) is 10.4. The number of rotatable bonds is 10. The normalized spacial score (nSPS) is 10.4. The van der Waals surface area contributed by atoms with E-state index in [4.69, 9.17) is 18.9 Å². The maximum atomic E-state index is 12.7. The smallest absolute Gasteiger partial charge is 0.251 e. The van der Waals surface area contributed by atoms with E-state index in [9.17, 15) is 4.79 Å². The maximum Gasteiger partial charge on any atom is 0.251 e. The lowest BCUT2D eigenvalue weighted by Crippen LogP contribution is -2.25. The Hall–Kier alpha value is -3.67. The molecule has 0 aliphatic heterocycles. The highest BCUT2D eigenvalue weighted by molar-refractivity contribution is 5.94. The molecule has 0 atom stereocenters. The first-order valence-corrected chi connectivity index (χ1v) is 10.4. The summed E-state index contributed by atoms with van der Waals surface area (Å²) in [4.78, 5) is 12.7. The molecule has 0 saturated heterocycles. The van der Waals surface area contributed by atoms with Crippen LogP contribution in [0.2, 0.25) is 0 Å². The van der Waals surface area contributed by atoms with Crippen LogP contribution in [0.4, 0.5) is 0 Å². The molecule has 0 aromatic heterocycles. The van der Waals surface area contributed by atoms with Gasteiger partial charge in [0.15, 0.2) is 11.5 Å². The summed E-state index contributed by atoms with van der Waals surface area (Å²) in [6, 6.07) is 18.9. The van der Waals surface area contributed by atoms with Crippen molar-refractivity contribution in [1.82, 2.24) is 5.32 Å². The van der Waals surface area contributed by atoms with Crippen LogP contribution >= 0.6 is 0 Å². The van der Waals surface area contributed by atoms with Crippen LogP contribution in [0.5, 0.6) is 23.0 Å². The lowest BCUT2D eigenvalue weighted by molar-refractivity contribution is 0.0954. The first-order chi connectivity index (χ1) is 15.5. The zero-order chi connectivity index (χ0) is 22.9. The number of carbonyl (C=O) groups excluding carboxylic acids is 1. The van der Waals surface area contributed by atoms with Gasteiger partial charge in [0.25, 0.3) is 5.91 Å². The summed E-state index contributed by atoms with van der Waals surface area (Å²) in [5.41, 5.74) is 3.58. The molecule has 0 radical (unpaired) electrons. The van der Waals surface area contributed by atoms with E-state index in [2.05, 4.69) is 5.32 Å². The van der Waals surface area contributed by atoms with E-state index < -0.39 is 0 Å². The standard InChI is InChI=1S/C26H29NO5/c1-18-5-9-22(10-6-18)32-17-21-16-20(8-12-23(21)29-2)26(28)27-14-13-19-7-11-24(30-3)25(15-19)31-4/h5-12,15-16H,13-14,17H2,1-4H3,(H,27,28). The molecule has 6 nitrogen and oxygen atoms in total. The number of ether oxygens (including phenoxy) is 4. The fourth-order valence-electron chi connectivity index (χ4n) is 3.29. The van der Waals surface area contributed by atoms with Crippen LogP contribution in [0.3, 0.4) is 0 Å². The summed E-state index contributed by atoms with van der Waals surface area (Å²) < 4.78 is 21.9. The van der Waals surface area contributed by atoms with Gasteiger partial charge < -0.3 is 24.3 Å². The van der Waals surface area contributed by atoms with Crippen LogP contribution in [-0.2, 0) is 13.0 Å². The van der Waals surface area contributed by atoms with Gasteiger partial charge in [-0.15, -0.1) is 0 Å². The second-order valence-corrected chi connectivity index (χ2v) is 7.32. The zero-order valence-corrected chi connectivity index (χ0v) is 18.9. The number of hydrogen-bond donors (Lipinski definition) is 1. The van der Waals surface area contributed by atoms with Gasteiger partial charge in [-0.25, -0.2) is 0 Å². The van der Waals surface area contributed by atoms with Gasteiger partial charge in [0.2, 0.25) is 0 Å². The molecular weight excluding hydrogens is 406 g/mol. The van der Waals surface area contributed by atoms with Gasteiger partial charge in [0, 0.05) is 17.7 Å². The molecule has 0 unspecified atom stereocenters. The van der Waals surface area contributed by atoms with Gasteiger partial charge in [-0.3, -0.25) is 4.79 Å². The lowest BCUT2D eigenvalue weighted by atomic mass is 10.1. The minimum Gasteiger partial charge on any atom is -0.496 e. The summed E-state index contributed by atoms with van der Waals surface area (Å²) in [5.74, 6) is 2.65. The van der Waals surface area contributed by atoms with Crippen LogP contribution < -0.4 is 24.3 Å². The van der Waals surface area contributed by atoms with Crippen LogP contribution in [0, 0.1) is 6.92 Å². The summed E-state index contributed by atoms with van der Waals surface area (Å²) in [7, 11) is 4.81. The van der Waals surface area contributed by atoms with Crippen molar-refractivity contribution in [3.63, 3.8) is 0 Å². The molecule has 1 amide bonds. The van der Waals surface area contributed by atoms with Crippen LogP contribution in [0.25, 0.3) is 0 Å². The maximum absolute atomic E-state index is 12.7. The predicted octanol–water partition coefficient (Wildman–Crippen LogP) is 4.57. The molecule has 0 fully saturated rings. The summed E-state index contributed by atoms with van der Waals surface area (Å²) in [5, 5.41) is 2.97. The number of nitrogens with one attached hydrogen (secondary N) is 1. The number of amides is 1. The van der Waals surface area contributed by atoms with Crippen molar-refractivity contribution >= 4 is 5.91 Å². The first kappa shape index (κ1) is 23.0. The summed E-state index contributed by atoms with van der Waals surface area (Å²) in [6.45, 7) is 2.83. The fourth-order valence-corrected chi connectivity index (χ4v) is 3.29. The van der Waals surface area contributed by atoms with Gasteiger partial charge >= 0.3 is 0 Å². The number of aryl methyl sites for hydroxylation is 1. The minimum atomic E-state index is -0.148. The molecule has 0 aliphatic carbocycles. The van der Waals surface area contributed by atoms with E-state index in [1.165, 1.54) is 5.56 Å². The van der Waals surface area contributed by atoms with E-state index in [0.717, 1.165) is 16.9 Å². The molecule has 0 heterocycles. The van der Waals surface area contributed by atoms with Crippen molar-refractivity contribution < 1.29 is 23.7 Å². The highest BCUT2D eigenvalue weighted by atomic mass is 16.5. The third-order valence-corrected chi connectivity index (χ3v) is 5.11. The van der Waals surface area contributed by atoms with Gasteiger partial charge in [0.1, 0.15) is 18.1 Å². The Morgan fingerprint density at radius 1 is 0.812 bits per heavy atom. The van der Waals surface area contributed by atoms with Crippen molar-refractivity contribution in [1.29, 1.82) is 0 Å². The average molecular weight is 436 g/mol. The Morgan fingerprint density at radius 2 is 1.50 bits per heavy atom. The molecule has 3 aromatic carbocycles. The molecule has 3 aromatic rings. The SMILES string of the molecule is COc1ccc(C(=O)NCCc2ccc(OC)c(OC)c2)cc1COc1ccc(C)cc1. The van der Waals surface area contributed by atoms with E-state index in [1.54, 1.807) is 39.5 Å². The molecular formula is C26H29NO5. The van der Waals surface area contributed by atoms with E-state index in [-0.39, 0.29) is 5.91 Å². The van der Waals surface area contributed by atoms with Crippen molar-refractivity contribution in [3.05, 3.63) is 82.9 Å². The monoisotopic (exact) mass is 435 g/mol. The highest BCUT2D eigenvalue weighted by Gasteiger charge is 2.11. The van der Waals surface area contributed by atoms with Gasteiger partial charge in [-0.1, -0.05) is 23.8 Å². The highest BCUT2D eigenvalue weighted by Crippen LogP contribution is 2.27. The zero-order valence-electron chi connectivity index (χ0n) is 18.9.